The van der Waals surface area contributed by atoms with Crippen LogP contribution in [0.1, 0.15) is 5.56 Å². The minimum Gasteiger partial charge on any atom is -0.295 e. The van der Waals surface area contributed by atoms with E-state index in [4.69, 9.17) is 5.26 Å². The molecule has 0 spiro atoms. The van der Waals surface area contributed by atoms with Crippen LogP contribution in [0.25, 0.3) is 16.7 Å². The van der Waals surface area contributed by atoms with Gasteiger partial charge in [0.25, 0.3) is 0 Å². The van der Waals surface area contributed by atoms with Crippen molar-refractivity contribution >= 4 is 23.4 Å². The summed E-state index contributed by atoms with van der Waals surface area (Å²) in [6.07, 6.45) is 0. The normalized spacial score (nSPS) is 10.0. The predicted octanol–water partition coefficient (Wildman–Crippen LogP) is 2.62. The molecule has 0 unspecified atom stereocenters. The third-order valence-electron chi connectivity index (χ3n) is 3.22. The lowest BCUT2D eigenvalue weighted by molar-refractivity contribution is 0.846. The number of para-hydroxylation sites is 2. The van der Waals surface area contributed by atoms with Gasteiger partial charge in [0.15, 0.2) is 0 Å². The first-order chi connectivity index (χ1) is 9.22. The fourth-order valence-corrected chi connectivity index (χ4v) is 2.23. The van der Waals surface area contributed by atoms with Gasteiger partial charge in [0.2, 0.25) is 0 Å². The zero-order valence-electron chi connectivity index (χ0n) is 10.8. The molecule has 0 fully saturated rings. The highest BCUT2D eigenvalue weighted by atomic mass is 35.5. The Hall–Kier alpha value is -2.51. The highest BCUT2D eigenvalue weighted by Gasteiger charge is 2.11. The lowest BCUT2D eigenvalue weighted by atomic mass is 10.2. The van der Waals surface area contributed by atoms with Crippen LogP contribution in [0.5, 0.6) is 0 Å². The SMILES string of the molecule is Cl.Cn1c(=O)n(-c2ccc(C#N)cc2)c2ccccc21. The number of aryl methyl sites for hydroxylation is 1. The summed E-state index contributed by atoms with van der Waals surface area (Å²) in [6, 6.07) is 16.7. The van der Waals surface area contributed by atoms with Crippen LogP contribution in [0.2, 0.25) is 0 Å². The number of imidazole rings is 1. The molecule has 2 aromatic carbocycles. The van der Waals surface area contributed by atoms with Crippen molar-refractivity contribution in [3.8, 4) is 11.8 Å². The molecular formula is C15H12ClN3O. The van der Waals surface area contributed by atoms with E-state index in [9.17, 15) is 4.79 Å². The average Bonchev–Trinajstić information content (AvgIpc) is 2.72. The minimum absolute atomic E-state index is 0. The van der Waals surface area contributed by atoms with Gasteiger partial charge in [0.05, 0.1) is 28.4 Å². The second-order valence-corrected chi connectivity index (χ2v) is 4.32. The molecule has 0 atom stereocenters. The minimum atomic E-state index is -0.0918. The summed E-state index contributed by atoms with van der Waals surface area (Å²) in [5.74, 6) is 0. The van der Waals surface area contributed by atoms with Crippen molar-refractivity contribution in [2.24, 2.45) is 7.05 Å². The van der Waals surface area contributed by atoms with Crippen LogP contribution >= 0.6 is 12.4 Å². The molecule has 3 aromatic rings. The van der Waals surface area contributed by atoms with Gasteiger partial charge >= 0.3 is 5.69 Å². The molecule has 0 aliphatic carbocycles. The summed E-state index contributed by atoms with van der Waals surface area (Å²) in [4.78, 5) is 12.3. The van der Waals surface area contributed by atoms with E-state index in [0.29, 0.717) is 5.56 Å². The average molecular weight is 286 g/mol. The number of nitrogens with zero attached hydrogens (tertiary/aromatic N) is 3. The number of hydrogen-bond acceptors (Lipinski definition) is 2. The number of benzene rings is 2. The molecule has 0 N–H and O–H groups in total. The first-order valence-corrected chi connectivity index (χ1v) is 5.89. The topological polar surface area (TPSA) is 50.7 Å². The van der Waals surface area contributed by atoms with E-state index in [2.05, 4.69) is 6.07 Å². The largest absolute Gasteiger partial charge is 0.333 e. The summed E-state index contributed by atoms with van der Waals surface area (Å²) in [7, 11) is 1.75. The van der Waals surface area contributed by atoms with Crippen molar-refractivity contribution in [1.82, 2.24) is 9.13 Å². The molecule has 20 heavy (non-hydrogen) atoms. The van der Waals surface area contributed by atoms with Gasteiger partial charge in [0, 0.05) is 7.05 Å². The molecular weight excluding hydrogens is 274 g/mol. The van der Waals surface area contributed by atoms with Crippen LogP contribution in [-0.2, 0) is 7.05 Å². The molecule has 0 radical (unpaired) electrons. The number of halogens is 1. The molecule has 0 aliphatic heterocycles. The van der Waals surface area contributed by atoms with Crippen LogP contribution in [0.4, 0.5) is 0 Å². The van der Waals surface area contributed by atoms with Crippen molar-refractivity contribution < 1.29 is 0 Å². The van der Waals surface area contributed by atoms with Gasteiger partial charge in [-0.15, -0.1) is 12.4 Å². The number of nitriles is 1. The Kier molecular flexibility index (Phi) is 3.64. The van der Waals surface area contributed by atoms with E-state index in [1.54, 1.807) is 40.4 Å². The Balaban J connectivity index is 0.00000147. The second kappa shape index (κ2) is 5.24. The highest BCUT2D eigenvalue weighted by Crippen LogP contribution is 2.17. The molecule has 3 rings (SSSR count). The second-order valence-electron chi connectivity index (χ2n) is 4.32. The summed E-state index contributed by atoms with van der Waals surface area (Å²) >= 11 is 0. The van der Waals surface area contributed by atoms with Crippen molar-refractivity contribution in [2.75, 3.05) is 0 Å². The quantitative estimate of drug-likeness (QED) is 0.690. The molecule has 0 amide bonds. The lowest BCUT2D eigenvalue weighted by Crippen LogP contribution is -2.20. The van der Waals surface area contributed by atoms with E-state index < -0.39 is 0 Å². The van der Waals surface area contributed by atoms with Gasteiger partial charge in [-0.25, -0.2) is 4.79 Å². The lowest BCUT2D eigenvalue weighted by Gasteiger charge is -2.02. The van der Waals surface area contributed by atoms with E-state index in [1.165, 1.54) is 0 Å². The van der Waals surface area contributed by atoms with Gasteiger partial charge in [-0.2, -0.15) is 5.26 Å². The maximum absolute atomic E-state index is 12.3. The summed E-state index contributed by atoms with van der Waals surface area (Å²) in [5, 5.41) is 8.81. The molecule has 100 valence electrons. The molecule has 0 saturated heterocycles. The zero-order chi connectivity index (χ0) is 13.4. The van der Waals surface area contributed by atoms with E-state index in [0.717, 1.165) is 16.7 Å². The Morgan fingerprint density at radius 3 is 2.20 bits per heavy atom. The zero-order valence-corrected chi connectivity index (χ0v) is 11.6. The third-order valence-corrected chi connectivity index (χ3v) is 3.22. The van der Waals surface area contributed by atoms with E-state index in [-0.39, 0.29) is 18.1 Å². The third kappa shape index (κ3) is 1.98. The Morgan fingerprint density at radius 2 is 1.60 bits per heavy atom. The van der Waals surface area contributed by atoms with Gasteiger partial charge in [-0.3, -0.25) is 9.13 Å². The summed E-state index contributed by atoms with van der Waals surface area (Å²) in [5.41, 5.74) is 3.00. The Bertz CT molecular complexity index is 853. The Labute approximate surface area is 121 Å². The standard InChI is InChI=1S/C15H11N3O.ClH/c1-17-13-4-2-3-5-14(13)18(15(17)19)12-8-6-11(10-16)7-9-12;/h2-9H,1H3;1H. The molecule has 0 aliphatic rings. The maximum atomic E-state index is 12.3. The van der Waals surface area contributed by atoms with Crippen LogP contribution in [-0.4, -0.2) is 9.13 Å². The summed E-state index contributed by atoms with van der Waals surface area (Å²) < 4.78 is 3.27. The maximum Gasteiger partial charge on any atom is 0.333 e. The summed E-state index contributed by atoms with van der Waals surface area (Å²) in [6.45, 7) is 0. The van der Waals surface area contributed by atoms with Gasteiger partial charge < -0.3 is 0 Å². The Morgan fingerprint density at radius 1 is 1.00 bits per heavy atom. The molecule has 1 aromatic heterocycles. The van der Waals surface area contributed by atoms with Gasteiger partial charge in [-0.05, 0) is 36.4 Å². The van der Waals surface area contributed by atoms with Gasteiger partial charge in [-0.1, -0.05) is 12.1 Å². The molecule has 5 heteroatoms. The van der Waals surface area contributed by atoms with Gasteiger partial charge in [0.1, 0.15) is 0 Å². The van der Waals surface area contributed by atoms with Crippen LogP contribution in [0, 0.1) is 11.3 Å². The van der Waals surface area contributed by atoms with E-state index >= 15 is 0 Å². The van der Waals surface area contributed by atoms with Crippen molar-refractivity contribution in [2.45, 2.75) is 0 Å². The smallest absolute Gasteiger partial charge is 0.295 e. The highest BCUT2D eigenvalue weighted by molar-refractivity contribution is 5.85. The fraction of sp³-hybridized carbons (Fsp3) is 0.0667. The molecule has 1 heterocycles. The van der Waals surface area contributed by atoms with Crippen molar-refractivity contribution in [3.05, 3.63) is 64.6 Å². The van der Waals surface area contributed by atoms with Crippen LogP contribution in [0.3, 0.4) is 0 Å². The number of rotatable bonds is 1. The first kappa shape index (κ1) is 13.9. The van der Waals surface area contributed by atoms with E-state index in [1.807, 2.05) is 24.3 Å². The predicted molar refractivity (Wildman–Crippen MR) is 80.5 cm³/mol. The molecule has 4 nitrogen and oxygen atoms in total. The first-order valence-electron chi connectivity index (χ1n) is 5.89. The molecule has 0 bridgehead atoms. The van der Waals surface area contributed by atoms with Crippen molar-refractivity contribution in [1.29, 1.82) is 5.26 Å². The van der Waals surface area contributed by atoms with Crippen LogP contribution in [0.15, 0.2) is 53.3 Å². The molecule has 0 saturated carbocycles. The monoisotopic (exact) mass is 285 g/mol. The number of hydrogen-bond donors (Lipinski definition) is 0. The van der Waals surface area contributed by atoms with Crippen LogP contribution < -0.4 is 5.69 Å². The number of aromatic nitrogens is 2. The van der Waals surface area contributed by atoms with Crippen molar-refractivity contribution in [3.63, 3.8) is 0 Å². The number of fused-ring (bicyclic) bond motifs is 1. The fourth-order valence-electron chi connectivity index (χ4n) is 2.23.